The van der Waals surface area contributed by atoms with Gasteiger partial charge in [-0.25, -0.2) is 0 Å². The summed E-state index contributed by atoms with van der Waals surface area (Å²) >= 11 is 1.17. The normalized spacial score (nSPS) is 16.4. The molecular weight excluding hydrogens is 742 g/mol. The average molecular weight is 786 g/mol. The molecule has 0 radical (unpaired) electrons. The molecule has 7 heteroatoms. The molecule has 2 nitrogen and oxygen atoms in total. The summed E-state index contributed by atoms with van der Waals surface area (Å²) in [4.78, 5) is 3.05. The van der Waals surface area contributed by atoms with E-state index in [4.69, 9.17) is 9.47 Å². The summed E-state index contributed by atoms with van der Waals surface area (Å²) in [7, 11) is 2.35. The number of hydrogen-bond acceptors (Lipinski definition) is 4. The summed E-state index contributed by atoms with van der Waals surface area (Å²) in [5.41, 5.74) is 3.15. The van der Waals surface area contributed by atoms with Gasteiger partial charge < -0.3 is 0 Å². The third-order valence-electron chi connectivity index (χ3n) is 6.71. The van der Waals surface area contributed by atoms with E-state index in [9.17, 15) is 0 Å². The van der Waals surface area contributed by atoms with Gasteiger partial charge in [0.05, 0.1) is 0 Å². The molecule has 0 amide bonds. The molecular formula is C30H44O2S2Se2Te. The Hall–Kier alpha value is 0.569. The monoisotopic (exact) mass is 790 g/mol. The standard InChI is InChI=1S/C30H44O2S2Se2Te/c1-7-9-11-13-19-31-25-17-15-23(21(3)4)29-27(25)33-37(35-29)34-28-26(32-20-14-12-10-8-2)18-16-24(22(5)6)30(28)36-37/h15-18,21-22H,7-14,19-20H2,1-6H3. The number of benzene rings is 2. The van der Waals surface area contributed by atoms with Crippen LogP contribution in [-0.2, 0) is 0 Å². The van der Waals surface area contributed by atoms with Crippen LogP contribution in [0.1, 0.15) is 116 Å². The van der Waals surface area contributed by atoms with Gasteiger partial charge in [-0.15, -0.1) is 0 Å². The van der Waals surface area contributed by atoms with Crippen molar-refractivity contribution >= 4 is 61.4 Å². The van der Waals surface area contributed by atoms with E-state index in [0.29, 0.717) is 35.4 Å². The van der Waals surface area contributed by atoms with E-state index < -0.39 is 11.0 Å². The van der Waals surface area contributed by atoms with Crippen molar-refractivity contribution in [1.29, 1.82) is 0 Å². The zero-order valence-electron chi connectivity index (χ0n) is 23.4. The first-order valence-electron chi connectivity index (χ1n) is 14.1. The molecule has 2 aliphatic heterocycles. The van der Waals surface area contributed by atoms with Crippen LogP contribution in [0.3, 0.4) is 0 Å². The van der Waals surface area contributed by atoms with Crippen molar-refractivity contribution in [2.45, 2.75) is 115 Å². The van der Waals surface area contributed by atoms with E-state index in [0.717, 1.165) is 26.1 Å². The summed E-state index contributed by atoms with van der Waals surface area (Å²) in [6.07, 6.45) is 10.0. The van der Waals surface area contributed by atoms with Crippen LogP contribution in [0.25, 0.3) is 0 Å². The maximum absolute atomic E-state index is 6.47. The summed E-state index contributed by atoms with van der Waals surface area (Å²) in [5, 5.41) is 0. The van der Waals surface area contributed by atoms with Crippen molar-refractivity contribution in [1.82, 2.24) is 0 Å². The molecule has 0 unspecified atom stereocenters. The fraction of sp³-hybridized carbons (Fsp3) is 0.600. The van der Waals surface area contributed by atoms with Crippen LogP contribution in [0.2, 0.25) is 0 Å². The molecule has 2 aromatic carbocycles. The van der Waals surface area contributed by atoms with Crippen molar-refractivity contribution in [3.63, 3.8) is 0 Å². The molecule has 2 aromatic rings. The minimum absolute atomic E-state index is 0.572. The molecule has 0 saturated heterocycles. The first kappa shape index (κ1) is 30.5. The summed E-state index contributed by atoms with van der Waals surface area (Å²) in [6.45, 7) is 15.7. The molecule has 2 aliphatic rings. The predicted octanol–water partition coefficient (Wildman–Crippen LogP) is 7.86. The van der Waals surface area contributed by atoms with Crippen LogP contribution in [-0.4, -0.2) is 47.7 Å². The molecule has 0 aromatic heterocycles. The Morgan fingerprint density at radius 1 is 0.649 bits per heavy atom. The quantitative estimate of drug-likeness (QED) is 0.144. The fourth-order valence-electron chi connectivity index (χ4n) is 4.52. The van der Waals surface area contributed by atoms with Crippen molar-refractivity contribution < 1.29 is 9.47 Å². The van der Waals surface area contributed by atoms with Crippen molar-refractivity contribution in [2.24, 2.45) is 0 Å². The maximum atomic E-state index is 6.47. The summed E-state index contributed by atoms with van der Waals surface area (Å²) < 4.78 is 16.3. The fourth-order valence-corrected chi connectivity index (χ4v) is 76.4. The SMILES string of the molecule is CCCCCCOc1ccc(C(C)C)c2c1S[Te]1(Sc3c(OCCCCCC)ccc(C(C)C)c3[Se]1)[Se]2. The third-order valence-corrected chi connectivity index (χ3v) is 63.3. The van der Waals surface area contributed by atoms with E-state index in [1.54, 1.807) is 20.1 Å². The summed E-state index contributed by atoms with van der Waals surface area (Å²) in [5.74, 6) is 3.49. The Labute approximate surface area is 243 Å². The molecule has 0 N–H and O–H groups in total. The second-order valence-electron chi connectivity index (χ2n) is 10.5. The van der Waals surface area contributed by atoms with Crippen molar-refractivity contribution in [3.05, 3.63) is 35.4 Å². The first-order valence-corrected chi connectivity index (χ1v) is 34.3. The number of hydrogen-bond donors (Lipinski definition) is 0. The zero-order chi connectivity index (χ0) is 26.4. The van der Waals surface area contributed by atoms with Gasteiger partial charge in [-0.1, -0.05) is 0 Å². The molecule has 1 spiro atoms. The van der Waals surface area contributed by atoms with E-state index in [1.807, 2.05) is 0 Å². The number of fused-ring (bicyclic) bond motifs is 2. The number of unbranched alkanes of at least 4 members (excludes halogenated alkanes) is 6. The van der Waals surface area contributed by atoms with Crippen LogP contribution in [0.4, 0.5) is 0 Å². The van der Waals surface area contributed by atoms with Crippen LogP contribution in [0.15, 0.2) is 34.1 Å². The zero-order valence-corrected chi connectivity index (χ0v) is 30.8. The van der Waals surface area contributed by atoms with Gasteiger partial charge in [0.15, 0.2) is 0 Å². The van der Waals surface area contributed by atoms with Crippen LogP contribution in [0, 0.1) is 0 Å². The predicted molar refractivity (Wildman–Crippen MR) is 169 cm³/mol. The Bertz CT molecular complexity index is 977. The Morgan fingerprint density at radius 2 is 1.08 bits per heavy atom. The molecule has 0 atom stereocenters. The second kappa shape index (κ2) is 14.5. The van der Waals surface area contributed by atoms with Crippen molar-refractivity contribution in [2.75, 3.05) is 13.2 Å². The van der Waals surface area contributed by atoms with E-state index in [1.165, 1.54) is 59.8 Å². The van der Waals surface area contributed by atoms with E-state index in [2.05, 4.69) is 83.8 Å². The van der Waals surface area contributed by atoms with Gasteiger partial charge in [0.25, 0.3) is 0 Å². The molecule has 0 saturated carbocycles. The molecule has 2 heterocycles. The molecule has 0 aliphatic carbocycles. The number of ether oxygens (including phenoxy) is 2. The van der Waals surface area contributed by atoms with Crippen LogP contribution in [0.5, 0.6) is 11.5 Å². The second-order valence-corrected chi connectivity index (χ2v) is 66.3. The summed E-state index contributed by atoms with van der Waals surface area (Å²) in [6, 6.07) is 9.36. The topological polar surface area (TPSA) is 18.5 Å². The van der Waals surface area contributed by atoms with Gasteiger partial charge in [0.2, 0.25) is 0 Å². The molecule has 0 bridgehead atoms. The Kier molecular flexibility index (Phi) is 11.9. The van der Waals surface area contributed by atoms with Crippen molar-refractivity contribution in [3.8, 4) is 11.5 Å². The van der Waals surface area contributed by atoms with Gasteiger partial charge >= 0.3 is 246 Å². The Morgan fingerprint density at radius 3 is 1.46 bits per heavy atom. The van der Waals surface area contributed by atoms with Gasteiger partial charge in [-0.2, -0.15) is 0 Å². The van der Waals surface area contributed by atoms with Gasteiger partial charge in [0.1, 0.15) is 0 Å². The Balaban J connectivity index is 1.58. The average Bonchev–Trinajstić information content (AvgIpc) is 3.43. The van der Waals surface area contributed by atoms with Crippen LogP contribution >= 0.6 is 18.0 Å². The van der Waals surface area contributed by atoms with E-state index >= 15 is 0 Å². The molecule has 206 valence electrons. The first-order chi connectivity index (χ1) is 17.9. The molecule has 4 rings (SSSR count). The van der Waals surface area contributed by atoms with E-state index in [-0.39, 0.29) is 0 Å². The third kappa shape index (κ3) is 7.45. The van der Waals surface area contributed by atoms with Gasteiger partial charge in [0, 0.05) is 0 Å². The molecule has 37 heavy (non-hydrogen) atoms. The van der Waals surface area contributed by atoms with Gasteiger partial charge in [-0.05, 0) is 0 Å². The number of rotatable bonds is 14. The minimum atomic E-state index is -2.30. The van der Waals surface area contributed by atoms with Crippen LogP contribution < -0.4 is 18.4 Å². The molecule has 0 fully saturated rings. The van der Waals surface area contributed by atoms with Gasteiger partial charge in [-0.3, -0.25) is 0 Å².